The minimum atomic E-state index is -0.550. The first-order chi connectivity index (χ1) is 16.0. The quantitative estimate of drug-likeness (QED) is 0.354. The second kappa shape index (κ2) is 7.59. The van der Waals surface area contributed by atoms with Gasteiger partial charge in [0.1, 0.15) is 0 Å². The molecule has 0 heterocycles. The summed E-state index contributed by atoms with van der Waals surface area (Å²) in [5.41, 5.74) is 1.87. The Hall–Kier alpha value is -0.860. The van der Waals surface area contributed by atoms with Crippen LogP contribution < -0.4 is 0 Å². The summed E-state index contributed by atoms with van der Waals surface area (Å²) in [4.78, 5) is 25.2. The topological polar surface area (TPSA) is 43.4 Å². The molecule has 5 rings (SSSR count). The highest BCUT2D eigenvalue weighted by Crippen LogP contribution is 2.78. The molecule has 0 N–H and O–H groups in total. The number of ketones is 1. The Morgan fingerprint density at radius 2 is 1.37 bits per heavy atom. The van der Waals surface area contributed by atoms with Gasteiger partial charge in [-0.25, -0.2) is 0 Å². The lowest BCUT2D eigenvalue weighted by molar-refractivity contribution is -0.260. The molecule has 0 spiro atoms. The Kier molecular flexibility index (Phi) is 5.59. The summed E-state index contributed by atoms with van der Waals surface area (Å²) < 4.78 is 5.66. The first-order valence-electron chi connectivity index (χ1n) is 14.7. The Bertz CT molecular complexity index is 922. The van der Waals surface area contributed by atoms with E-state index in [0.717, 1.165) is 18.8 Å². The van der Waals surface area contributed by atoms with Crippen molar-refractivity contribution in [3.05, 3.63) is 0 Å². The second-order valence-electron chi connectivity index (χ2n) is 16.0. The zero-order valence-corrected chi connectivity index (χ0v) is 24.2. The maximum atomic E-state index is 13.3. The number of Topliss-reactive ketones (excluding diaryl/α,β-unsaturated/α-hetero) is 1. The molecule has 5 aliphatic carbocycles. The van der Waals surface area contributed by atoms with Crippen LogP contribution in [0, 0.1) is 56.2 Å². The van der Waals surface area contributed by atoms with Crippen LogP contribution in [0.4, 0.5) is 0 Å². The molecule has 5 aliphatic rings. The molecular weight excluding hydrogens is 432 g/mol. The summed E-state index contributed by atoms with van der Waals surface area (Å²) in [7, 11) is 0. The van der Waals surface area contributed by atoms with Crippen LogP contribution in [0.1, 0.15) is 127 Å². The zero-order valence-electron chi connectivity index (χ0n) is 24.2. The van der Waals surface area contributed by atoms with Crippen molar-refractivity contribution in [1.82, 2.24) is 0 Å². The smallest absolute Gasteiger partial charge is 0.303 e. The van der Waals surface area contributed by atoms with Crippen LogP contribution in [0.2, 0.25) is 0 Å². The molecule has 3 nitrogen and oxygen atoms in total. The summed E-state index contributed by atoms with van der Waals surface area (Å²) in [6.07, 6.45) is 12.0. The zero-order chi connectivity index (χ0) is 25.8. The normalized spacial score (nSPS) is 55.1. The molecular formula is C32H52O3. The number of hydrogen-bond donors (Lipinski definition) is 0. The van der Waals surface area contributed by atoms with Gasteiger partial charge in [0, 0.05) is 12.8 Å². The van der Waals surface area contributed by atoms with Crippen molar-refractivity contribution in [3.8, 4) is 0 Å². The van der Waals surface area contributed by atoms with Crippen LogP contribution >= 0.6 is 0 Å². The van der Waals surface area contributed by atoms with Crippen molar-refractivity contribution < 1.29 is 14.3 Å². The molecule has 10 atom stereocenters. The molecule has 5 saturated carbocycles. The standard InChI is InChI=1S/C32H52O3/c1-20-26(34)22(35-21(2)33)18-24-29(20,6)11-10-23-30(24,7)15-17-32(9)25-19-27(3,4)12-13-28(25,5)14-16-31(23,32)8/h20,22-25H,10-19H2,1-9H3/t20-,22+,23-,24+,25+,28+,29+,30+,31+,32-/m0/s1. The Morgan fingerprint density at radius 1 is 0.771 bits per heavy atom. The van der Waals surface area contributed by atoms with Crippen LogP contribution in [0.5, 0.6) is 0 Å². The van der Waals surface area contributed by atoms with E-state index in [1.54, 1.807) is 0 Å². The third-order valence-electron chi connectivity index (χ3n) is 14.1. The minimum absolute atomic E-state index is 0.0130. The molecule has 3 heteroatoms. The molecule has 0 bridgehead atoms. The van der Waals surface area contributed by atoms with Gasteiger partial charge >= 0.3 is 5.97 Å². The lowest BCUT2D eigenvalue weighted by atomic mass is 9.30. The van der Waals surface area contributed by atoms with Crippen molar-refractivity contribution in [2.24, 2.45) is 56.2 Å². The fourth-order valence-electron chi connectivity index (χ4n) is 11.4. The summed E-state index contributed by atoms with van der Waals surface area (Å²) in [6, 6.07) is 0. The van der Waals surface area contributed by atoms with E-state index < -0.39 is 6.10 Å². The lowest BCUT2D eigenvalue weighted by Gasteiger charge is -2.75. The maximum absolute atomic E-state index is 13.3. The number of fused-ring (bicyclic) bond motifs is 7. The van der Waals surface area contributed by atoms with Crippen LogP contribution in [-0.2, 0) is 14.3 Å². The van der Waals surface area contributed by atoms with Gasteiger partial charge in [0.25, 0.3) is 0 Å². The SMILES string of the molecule is CC(=O)O[C@@H]1C[C@@H]2[C@](C)(CC[C@H]3[C@@]2(C)CC[C@@]2(C)[C@@H]4CC(C)(C)CC[C@]4(C)CC[C@]32C)[C@@H](C)C1=O. The van der Waals surface area contributed by atoms with Crippen LogP contribution in [0.15, 0.2) is 0 Å². The number of carbonyl (C=O) groups excluding carboxylic acids is 2. The van der Waals surface area contributed by atoms with Gasteiger partial charge in [-0.3, -0.25) is 9.59 Å². The minimum Gasteiger partial charge on any atom is -0.455 e. The summed E-state index contributed by atoms with van der Waals surface area (Å²) >= 11 is 0. The van der Waals surface area contributed by atoms with E-state index in [-0.39, 0.29) is 28.5 Å². The van der Waals surface area contributed by atoms with Crippen molar-refractivity contribution in [1.29, 1.82) is 0 Å². The molecule has 0 aliphatic heterocycles. The van der Waals surface area contributed by atoms with Gasteiger partial charge in [-0.05, 0) is 114 Å². The highest BCUT2D eigenvalue weighted by molar-refractivity contribution is 5.88. The third-order valence-corrected chi connectivity index (χ3v) is 14.1. The lowest BCUT2D eigenvalue weighted by Crippen LogP contribution is -2.68. The molecule has 0 unspecified atom stereocenters. The molecule has 0 radical (unpaired) electrons. The Labute approximate surface area is 214 Å². The second-order valence-corrected chi connectivity index (χ2v) is 16.0. The highest BCUT2D eigenvalue weighted by atomic mass is 16.5. The fourth-order valence-corrected chi connectivity index (χ4v) is 11.4. The third kappa shape index (κ3) is 3.34. The van der Waals surface area contributed by atoms with Crippen LogP contribution in [0.25, 0.3) is 0 Å². The Balaban J connectivity index is 1.54. The van der Waals surface area contributed by atoms with Gasteiger partial charge in [0.15, 0.2) is 11.9 Å². The number of rotatable bonds is 1. The maximum Gasteiger partial charge on any atom is 0.303 e. The molecule has 0 aromatic rings. The average molecular weight is 485 g/mol. The van der Waals surface area contributed by atoms with E-state index in [1.807, 2.05) is 0 Å². The number of carbonyl (C=O) groups is 2. The fraction of sp³-hybridized carbons (Fsp3) is 0.938. The molecule has 0 amide bonds. The van der Waals surface area contributed by atoms with Gasteiger partial charge in [-0.15, -0.1) is 0 Å². The highest BCUT2D eigenvalue weighted by Gasteiger charge is 2.71. The van der Waals surface area contributed by atoms with Gasteiger partial charge in [-0.1, -0.05) is 55.4 Å². The summed E-state index contributed by atoms with van der Waals surface area (Å²) in [5.74, 6) is 1.72. The number of ether oxygens (including phenoxy) is 1. The van der Waals surface area contributed by atoms with E-state index in [1.165, 1.54) is 58.3 Å². The predicted molar refractivity (Wildman–Crippen MR) is 141 cm³/mol. The molecule has 5 fully saturated rings. The van der Waals surface area contributed by atoms with Crippen LogP contribution in [0.3, 0.4) is 0 Å². The van der Waals surface area contributed by atoms with E-state index in [0.29, 0.717) is 33.5 Å². The van der Waals surface area contributed by atoms with Crippen LogP contribution in [-0.4, -0.2) is 17.9 Å². The van der Waals surface area contributed by atoms with E-state index in [9.17, 15) is 9.59 Å². The van der Waals surface area contributed by atoms with Crippen molar-refractivity contribution in [2.75, 3.05) is 0 Å². The van der Waals surface area contributed by atoms with Crippen molar-refractivity contribution in [2.45, 2.75) is 133 Å². The van der Waals surface area contributed by atoms with Crippen molar-refractivity contribution in [3.63, 3.8) is 0 Å². The summed E-state index contributed by atoms with van der Waals surface area (Å²) in [6.45, 7) is 21.6. The van der Waals surface area contributed by atoms with Gasteiger partial charge in [0.05, 0.1) is 0 Å². The molecule has 198 valence electrons. The van der Waals surface area contributed by atoms with Gasteiger partial charge in [-0.2, -0.15) is 0 Å². The Morgan fingerprint density at radius 3 is 2.03 bits per heavy atom. The first-order valence-corrected chi connectivity index (χ1v) is 14.7. The van der Waals surface area contributed by atoms with E-state index in [4.69, 9.17) is 4.74 Å². The van der Waals surface area contributed by atoms with Crippen molar-refractivity contribution >= 4 is 11.8 Å². The largest absolute Gasteiger partial charge is 0.455 e. The summed E-state index contributed by atoms with van der Waals surface area (Å²) in [5, 5.41) is 0. The van der Waals surface area contributed by atoms with Gasteiger partial charge in [0.2, 0.25) is 0 Å². The molecule has 0 aromatic carbocycles. The first kappa shape index (κ1) is 25.8. The monoisotopic (exact) mass is 484 g/mol. The molecule has 35 heavy (non-hydrogen) atoms. The number of hydrogen-bond acceptors (Lipinski definition) is 3. The average Bonchev–Trinajstić information content (AvgIpc) is 2.76. The van der Waals surface area contributed by atoms with Gasteiger partial charge < -0.3 is 4.74 Å². The van der Waals surface area contributed by atoms with E-state index in [2.05, 4.69) is 55.4 Å². The number of esters is 1. The van der Waals surface area contributed by atoms with E-state index >= 15 is 0 Å². The predicted octanol–water partition coefficient (Wildman–Crippen LogP) is 8.00. The molecule has 0 aromatic heterocycles. The molecule has 0 saturated heterocycles.